The Morgan fingerprint density at radius 2 is 2.12 bits per heavy atom. The van der Waals surface area contributed by atoms with Crippen molar-refractivity contribution in [1.82, 2.24) is 0 Å². The number of aliphatic hydroxyl groups is 1. The SMILES string of the molecule is COc1cc(C(C)(C)O)cc2c1NC(=O)C2. The molecule has 2 N–H and O–H groups in total. The van der Waals surface area contributed by atoms with Crippen LogP contribution in [0.3, 0.4) is 0 Å². The Kier molecular flexibility index (Phi) is 2.39. The first-order chi connectivity index (χ1) is 7.41. The number of methoxy groups -OCH3 is 1. The van der Waals surface area contributed by atoms with Crippen LogP contribution in [0.15, 0.2) is 12.1 Å². The maximum absolute atomic E-state index is 11.3. The van der Waals surface area contributed by atoms with Gasteiger partial charge in [-0.05, 0) is 31.0 Å². The van der Waals surface area contributed by atoms with Crippen molar-refractivity contribution in [2.24, 2.45) is 0 Å². The number of rotatable bonds is 2. The van der Waals surface area contributed by atoms with Gasteiger partial charge >= 0.3 is 0 Å². The number of carbonyl (C=O) groups is 1. The average Bonchev–Trinajstić information content (AvgIpc) is 2.54. The van der Waals surface area contributed by atoms with Crippen LogP contribution in [0.1, 0.15) is 25.0 Å². The molecule has 0 saturated heterocycles. The van der Waals surface area contributed by atoms with Crippen molar-refractivity contribution in [1.29, 1.82) is 0 Å². The van der Waals surface area contributed by atoms with E-state index in [4.69, 9.17) is 4.74 Å². The Morgan fingerprint density at radius 1 is 1.44 bits per heavy atom. The lowest BCUT2D eigenvalue weighted by Gasteiger charge is -2.20. The van der Waals surface area contributed by atoms with E-state index in [9.17, 15) is 9.90 Å². The summed E-state index contributed by atoms with van der Waals surface area (Å²) in [5.74, 6) is 0.557. The molecule has 0 bridgehead atoms. The van der Waals surface area contributed by atoms with Crippen LogP contribution in [0.5, 0.6) is 5.75 Å². The van der Waals surface area contributed by atoms with Gasteiger partial charge in [-0.1, -0.05) is 6.07 Å². The van der Waals surface area contributed by atoms with Gasteiger partial charge in [-0.15, -0.1) is 0 Å². The van der Waals surface area contributed by atoms with Crippen LogP contribution in [0.2, 0.25) is 0 Å². The molecule has 0 spiro atoms. The Bertz CT molecular complexity index is 446. The van der Waals surface area contributed by atoms with Gasteiger partial charge in [0.2, 0.25) is 5.91 Å². The third-order valence-electron chi connectivity index (χ3n) is 2.73. The first-order valence-corrected chi connectivity index (χ1v) is 5.15. The van der Waals surface area contributed by atoms with E-state index in [-0.39, 0.29) is 5.91 Å². The average molecular weight is 221 g/mol. The summed E-state index contributed by atoms with van der Waals surface area (Å²) in [5.41, 5.74) is 1.41. The van der Waals surface area contributed by atoms with Gasteiger partial charge < -0.3 is 15.2 Å². The summed E-state index contributed by atoms with van der Waals surface area (Å²) in [6, 6.07) is 3.60. The second kappa shape index (κ2) is 3.49. The molecule has 1 aromatic carbocycles. The van der Waals surface area contributed by atoms with Gasteiger partial charge in [0, 0.05) is 0 Å². The van der Waals surface area contributed by atoms with E-state index in [0.29, 0.717) is 12.2 Å². The highest BCUT2D eigenvalue weighted by atomic mass is 16.5. The third-order valence-corrected chi connectivity index (χ3v) is 2.73. The Balaban J connectivity index is 2.55. The third kappa shape index (κ3) is 1.76. The normalized spacial score (nSPS) is 14.6. The molecule has 1 amide bonds. The number of hydrogen-bond donors (Lipinski definition) is 2. The second-order valence-corrected chi connectivity index (χ2v) is 4.50. The van der Waals surface area contributed by atoms with Crippen LogP contribution in [0.25, 0.3) is 0 Å². The van der Waals surface area contributed by atoms with Gasteiger partial charge in [0.05, 0.1) is 24.8 Å². The Labute approximate surface area is 94.2 Å². The van der Waals surface area contributed by atoms with Crippen LogP contribution in [-0.4, -0.2) is 18.1 Å². The number of anilines is 1. The Morgan fingerprint density at radius 3 is 2.69 bits per heavy atom. The molecule has 0 fully saturated rings. The molecule has 0 aromatic heterocycles. The minimum absolute atomic E-state index is 0.0406. The quantitative estimate of drug-likeness (QED) is 0.794. The van der Waals surface area contributed by atoms with E-state index in [2.05, 4.69) is 5.32 Å². The fourth-order valence-electron chi connectivity index (χ4n) is 1.83. The molecular weight excluding hydrogens is 206 g/mol. The zero-order chi connectivity index (χ0) is 11.9. The fourth-order valence-corrected chi connectivity index (χ4v) is 1.83. The summed E-state index contributed by atoms with van der Waals surface area (Å²) in [7, 11) is 1.55. The summed E-state index contributed by atoms with van der Waals surface area (Å²) in [5, 5.41) is 12.7. The first-order valence-electron chi connectivity index (χ1n) is 5.15. The standard InChI is InChI=1S/C12H15NO3/c1-12(2,15)8-4-7-5-10(14)13-11(7)9(6-8)16-3/h4,6,15H,5H2,1-3H3,(H,13,14). The van der Waals surface area contributed by atoms with Crippen LogP contribution in [-0.2, 0) is 16.8 Å². The van der Waals surface area contributed by atoms with E-state index >= 15 is 0 Å². The predicted octanol–water partition coefficient (Wildman–Crippen LogP) is 1.42. The summed E-state index contributed by atoms with van der Waals surface area (Å²) >= 11 is 0. The number of hydrogen-bond acceptors (Lipinski definition) is 3. The molecule has 1 aliphatic heterocycles. The van der Waals surface area contributed by atoms with E-state index < -0.39 is 5.60 Å². The zero-order valence-corrected chi connectivity index (χ0v) is 9.63. The van der Waals surface area contributed by atoms with Gasteiger partial charge in [0.15, 0.2) is 0 Å². The molecule has 0 aliphatic carbocycles. The van der Waals surface area contributed by atoms with Crippen molar-refractivity contribution in [2.45, 2.75) is 25.9 Å². The molecule has 4 nitrogen and oxygen atoms in total. The molecular formula is C12H15NO3. The van der Waals surface area contributed by atoms with Crippen molar-refractivity contribution in [2.75, 3.05) is 12.4 Å². The van der Waals surface area contributed by atoms with E-state index in [1.54, 1.807) is 27.0 Å². The van der Waals surface area contributed by atoms with Crippen LogP contribution < -0.4 is 10.1 Å². The highest BCUT2D eigenvalue weighted by molar-refractivity contribution is 6.01. The minimum Gasteiger partial charge on any atom is -0.495 e. The Hall–Kier alpha value is -1.55. The lowest BCUT2D eigenvalue weighted by atomic mass is 9.95. The number of fused-ring (bicyclic) bond motifs is 1. The monoisotopic (exact) mass is 221 g/mol. The summed E-state index contributed by atoms with van der Waals surface area (Å²) in [6.45, 7) is 3.41. The molecule has 86 valence electrons. The molecule has 1 heterocycles. The summed E-state index contributed by atoms with van der Waals surface area (Å²) in [4.78, 5) is 11.3. The smallest absolute Gasteiger partial charge is 0.228 e. The maximum Gasteiger partial charge on any atom is 0.228 e. The van der Waals surface area contributed by atoms with Gasteiger partial charge in [-0.2, -0.15) is 0 Å². The van der Waals surface area contributed by atoms with Crippen molar-refractivity contribution < 1.29 is 14.6 Å². The molecule has 1 aromatic rings. The minimum atomic E-state index is -0.937. The predicted molar refractivity (Wildman–Crippen MR) is 60.6 cm³/mol. The van der Waals surface area contributed by atoms with Crippen LogP contribution in [0, 0.1) is 0 Å². The molecule has 1 aliphatic rings. The van der Waals surface area contributed by atoms with Crippen molar-refractivity contribution in [3.05, 3.63) is 23.3 Å². The van der Waals surface area contributed by atoms with Gasteiger partial charge in [0.25, 0.3) is 0 Å². The van der Waals surface area contributed by atoms with E-state index in [1.807, 2.05) is 6.07 Å². The lowest BCUT2D eigenvalue weighted by Crippen LogP contribution is -2.15. The van der Waals surface area contributed by atoms with Gasteiger partial charge in [0.1, 0.15) is 5.75 Å². The molecule has 0 saturated carbocycles. The molecule has 2 rings (SSSR count). The highest BCUT2D eigenvalue weighted by Crippen LogP contribution is 2.37. The fraction of sp³-hybridized carbons (Fsp3) is 0.417. The molecule has 0 unspecified atom stereocenters. The van der Waals surface area contributed by atoms with Crippen LogP contribution in [0.4, 0.5) is 5.69 Å². The van der Waals surface area contributed by atoms with Crippen molar-refractivity contribution in [3.8, 4) is 5.75 Å². The number of ether oxygens (including phenoxy) is 1. The van der Waals surface area contributed by atoms with Crippen molar-refractivity contribution in [3.63, 3.8) is 0 Å². The van der Waals surface area contributed by atoms with Gasteiger partial charge in [-0.3, -0.25) is 4.79 Å². The highest BCUT2D eigenvalue weighted by Gasteiger charge is 2.26. The van der Waals surface area contributed by atoms with E-state index in [0.717, 1.165) is 16.8 Å². The molecule has 0 radical (unpaired) electrons. The summed E-state index contributed by atoms with van der Waals surface area (Å²) in [6.07, 6.45) is 0.343. The van der Waals surface area contributed by atoms with E-state index in [1.165, 1.54) is 0 Å². The second-order valence-electron chi connectivity index (χ2n) is 4.50. The van der Waals surface area contributed by atoms with Crippen LogP contribution >= 0.6 is 0 Å². The maximum atomic E-state index is 11.3. The number of nitrogens with one attached hydrogen (secondary N) is 1. The largest absolute Gasteiger partial charge is 0.495 e. The molecule has 0 atom stereocenters. The molecule has 4 heteroatoms. The number of carbonyl (C=O) groups excluding carboxylic acids is 1. The number of benzene rings is 1. The number of amides is 1. The molecule has 16 heavy (non-hydrogen) atoms. The zero-order valence-electron chi connectivity index (χ0n) is 9.63. The lowest BCUT2D eigenvalue weighted by molar-refractivity contribution is -0.115. The summed E-state index contributed by atoms with van der Waals surface area (Å²) < 4.78 is 5.22. The topological polar surface area (TPSA) is 58.6 Å². The first kappa shape index (κ1) is 11.0. The van der Waals surface area contributed by atoms with Crippen molar-refractivity contribution >= 4 is 11.6 Å². The van der Waals surface area contributed by atoms with Gasteiger partial charge in [-0.25, -0.2) is 0 Å².